The van der Waals surface area contributed by atoms with E-state index in [0.29, 0.717) is 41.1 Å². The monoisotopic (exact) mass is 400 g/mol. The van der Waals surface area contributed by atoms with Gasteiger partial charge in [-0.3, -0.25) is 4.79 Å². The van der Waals surface area contributed by atoms with Gasteiger partial charge in [-0.15, -0.1) is 0 Å². The van der Waals surface area contributed by atoms with Gasteiger partial charge in [-0.25, -0.2) is 5.43 Å². The first-order chi connectivity index (χ1) is 14.0. The quantitative estimate of drug-likeness (QED) is 0.483. The molecule has 0 saturated carbocycles. The Kier molecular flexibility index (Phi) is 8.33. The van der Waals surface area contributed by atoms with E-state index in [9.17, 15) is 4.79 Å². The van der Waals surface area contributed by atoms with Gasteiger partial charge in [0.2, 0.25) is 0 Å². The Bertz CT molecular complexity index is 827. The molecule has 0 fully saturated rings. The highest BCUT2D eigenvalue weighted by Gasteiger charge is 2.09. The minimum atomic E-state index is -0.376. The molecule has 0 aliphatic carbocycles. The van der Waals surface area contributed by atoms with E-state index >= 15 is 0 Å². The van der Waals surface area contributed by atoms with E-state index in [2.05, 4.69) is 24.4 Å². The Labute approximate surface area is 171 Å². The topological polar surface area (TPSA) is 78.4 Å². The molecule has 29 heavy (non-hydrogen) atoms. The van der Waals surface area contributed by atoms with Gasteiger partial charge in [0.15, 0.2) is 11.5 Å². The van der Waals surface area contributed by atoms with Gasteiger partial charge < -0.3 is 18.9 Å². The number of rotatable bonds is 10. The molecule has 7 nitrogen and oxygen atoms in total. The number of methoxy groups -OCH3 is 3. The van der Waals surface area contributed by atoms with Gasteiger partial charge in [-0.05, 0) is 48.2 Å². The first-order valence-electron chi connectivity index (χ1n) is 9.34. The van der Waals surface area contributed by atoms with E-state index in [1.807, 2.05) is 12.1 Å². The highest BCUT2D eigenvalue weighted by Crippen LogP contribution is 2.28. The van der Waals surface area contributed by atoms with Crippen molar-refractivity contribution in [1.82, 2.24) is 5.43 Å². The first kappa shape index (κ1) is 22.1. The van der Waals surface area contributed by atoms with Gasteiger partial charge in [-0.2, -0.15) is 5.10 Å². The lowest BCUT2D eigenvalue weighted by Crippen LogP contribution is -2.17. The van der Waals surface area contributed by atoms with Crippen LogP contribution in [0, 0.1) is 5.92 Å². The Morgan fingerprint density at radius 1 is 1.00 bits per heavy atom. The fourth-order valence-electron chi connectivity index (χ4n) is 2.46. The summed E-state index contributed by atoms with van der Waals surface area (Å²) in [4.78, 5) is 12.3. The Morgan fingerprint density at radius 2 is 1.69 bits per heavy atom. The maximum absolute atomic E-state index is 12.3. The molecule has 0 aliphatic rings. The first-order valence-corrected chi connectivity index (χ1v) is 9.34. The van der Waals surface area contributed by atoms with Crippen molar-refractivity contribution in [1.29, 1.82) is 0 Å². The van der Waals surface area contributed by atoms with Crippen molar-refractivity contribution >= 4 is 12.1 Å². The number of nitrogens with zero attached hydrogens (tertiary/aromatic N) is 1. The van der Waals surface area contributed by atoms with Gasteiger partial charge in [-0.1, -0.05) is 13.8 Å². The molecule has 2 aromatic carbocycles. The Hall–Kier alpha value is -3.22. The number of nitrogens with one attached hydrogen (secondary N) is 1. The molecule has 0 aromatic heterocycles. The van der Waals surface area contributed by atoms with E-state index in [4.69, 9.17) is 18.9 Å². The molecule has 7 heteroatoms. The average molecular weight is 400 g/mol. The lowest BCUT2D eigenvalue weighted by Gasteiger charge is -2.12. The summed E-state index contributed by atoms with van der Waals surface area (Å²) in [7, 11) is 4.64. The molecule has 0 spiro atoms. The molecule has 0 heterocycles. The highest BCUT2D eigenvalue weighted by molar-refractivity contribution is 5.95. The molecular formula is C22H28N2O5. The Balaban J connectivity index is 2.03. The third kappa shape index (κ3) is 6.71. The average Bonchev–Trinajstić information content (AvgIpc) is 2.73. The summed E-state index contributed by atoms with van der Waals surface area (Å²) in [6.45, 7) is 4.92. The van der Waals surface area contributed by atoms with Crippen LogP contribution in [0.5, 0.6) is 23.0 Å². The predicted octanol–water partition coefficient (Wildman–Crippen LogP) is 3.90. The van der Waals surface area contributed by atoms with Crippen LogP contribution in [-0.2, 0) is 0 Å². The van der Waals surface area contributed by atoms with Gasteiger partial charge in [0.05, 0.1) is 34.2 Å². The number of hydrogen-bond acceptors (Lipinski definition) is 6. The molecule has 1 amide bonds. The van der Waals surface area contributed by atoms with Crippen molar-refractivity contribution in [2.24, 2.45) is 11.0 Å². The largest absolute Gasteiger partial charge is 0.497 e. The maximum atomic E-state index is 12.3. The summed E-state index contributed by atoms with van der Waals surface area (Å²) in [6.07, 6.45) is 2.50. The van der Waals surface area contributed by atoms with Crippen LogP contribution >= 0.6 is 0 Å². The molecular weight excluding hydrogens is 372 g/mol. The zero-order valence-corrected chi connectivity index (χ0v) is 17.5. The summed E-state index contributed by atoms with van der Waals surface area (Å²) in [6, 6.07) is 10.4. The molecule has 2 rings (SSSR count). The number of carbonyl (C=O) groups excluding carboxylic acids is 1. The molecule has 2 aromatic rings. The SMILES string of the molecule is COc1cc(OC)cc(C(=O)N/N=C\c2ccc(OCCC(C)C)c(OC)c2)c1. The second-order valence-corrected chi connectivity index (χ2v) is 6.74. The highest BCUT2D eigenvalue weighted by atomic mass is 16.5. The number of carbonyl (C=O) groups is 1. The minimum absolute atomic E-state index is 0.376. The number of benzene rings is 2. The molecule has 0 bridgehead atoms. The van der Waals surface area contributed by atoms with E-state index in [1.54, 1.807) is 31.4 Å². The number of ether oxygens (including phenoxy) is 4. The van der Waals surface area contributed by atoms with Gasteiger partial charge >= 0.3 is 0 Å². The van der Waals surface area contributed by atoms with Crippen molar-refractivity contribution < 1.29 is 23.7 Å². The molecule has 1 N–H and O–H groups in total. The van der Waals surface area contributed by atoms with Crippen LogP contribution in [0.2, 0.25) is 0 Å². The van der Waals surface area contributed by atoms with E-state index in [0.717, 1.165) is 12.0 Å². The second kappa shape index (κ2) is 10.9. The van der Waals surface area contributed by atoms with Crippen LogP contribution in [0.1, 0.15) is 36.2 Å². The molecule has 0 saturated heterocycles. The lowest BCUT2D eigenvalue weighted by molar-refractivity contribution is 0.0954. The van der Waals surface area contributed by atoms with E-state index in [1.165, 1.54) is 20.4 Å². The summed E-state index contributed by atoms with van der Waals surface area (Å²) >= 11 is 0. The summed E-state index contributed by atoms with van der Waals surface area (Å²) in [5, 5.41) is 4.02. The normalized spacial score (nSPS) is 10.8. The fourth-order valence-corrected chi connectivity index (χ4v) is 2.46. The van der Waals surface area contributed by atoms with Gasteiger partial charge in [0.1, 0.15) is 11.5 Å². The summed E-state index contributed by atoms with van der Waals surface area (Å²) in [5.41, 5.74) is 3.64. The maximum Gasteiger partial charge on any atom is 0.271 e. The van der Waals surface area contributed by atoms with Crippen molar-refractivity contribution in [2.75, 3.05) is 27.9 Å². The number of amides is 1. The van der Waals surface area contributed by atoms with Crippen molar-refractivity contribution in [3.05, 3.63) is 47.5 Å². The van der Waals surface area contributed by atoms with Crippen LogP contribution in [0.25, 0.3) is 0 Å². The lowest BCUT2D eigenvalue weighted by atomic mass is 10.1. The standard InChI is InChI=1S/C22H28N2O5/c1-15(2)8-9-29-20-7-6-16(10-21(20)28-5)14-23-24-22(25)17-11-18(26-3)13-19(12-17)27-4/h6-7,10-15H,8-9H2,1-5H3,(H,24,25)/b23-14-. The molecule has 156 valence electrons. The predicted molar refractivity (Wildman–Crippen MR) is 113 cm³/mol. The smallest absolute Gasteiger partial charge is 0.271 e. The van der Waals surface area contributed by atoms with Crippen LogP contribution in [0.4, 0.5) is 0 Å². The fraction of sp³-hybridized carbons (Fsp3) is 0.364. The zero-order valence-electron chi connectivity index (χ0n) is 17.5. The minimum Gasteiger partial charge on any atom is -0.497 e. The third-order valence-electron chi connectivity index (χ3n) is 4.13. The Morgan fingerprint density at radius 3 is 2.28 bits per heavy atom. The molecule has 0 unspecified atom stereocenters. The van der Waals surface area contributed by atoms with Crippen LogP contribution in [-0.4, -0.2) is 40.1 Å². The molecule has 0 aliphatic heterocycles. The van der Waals surface area contributed by atoms with Crippen molar-refractivity contribution in [3.8, 4) is 23.0 Å². The second-order valence-electron chi connectivity index (χ2n) is 6.74. The molecule has 0 atom stereocenters. The number of hydrogen-bond donors (Lipinski definition) is 1. The van der Waals surface area contributed by atoms with Crippen LogP contribution in [0.15, 0.2) is 41.5 Å². The molecule has 0 radical (unpaired) electrons. The van der Waals surface area contributed by atoms with Gasteiger partial charge in [0.25, 0.3) is 5.91 Å². The van der Waals surface area contributed by atoms with Crippen molar-refractivity contribution in [2.45, 2.75) is 20.3 Å². The van der Waals surface area contributed by atoms with Crippen LogP contribution in [0.3, 0.4) is 0 Å². The summed E-state index contributed by atoms with van der Waals surface area (Å²) in [5.74, 6) is 2.53. The third-order valence-corrected chi connectivity index (χ3v) is 4.13. The van der Waals surface area contributed by atoms with E-state index < -0.39 is 0 Å². The van der Waals surface area contributed by atoms with Crippen LogP contribution < -0.4 is 24.4 Å². The summed E-state index contributed by atoms with van der Waals surface area (Å²) < 4.78 is 21.5. The zero-order chi connectivity index (χ0) is 21.2. The van der Waals surface area contributed by atoms with Gasteiger partial charge in [0, 0.05) is 11.6 Å². The number of hydrazone groups is 1. The van der Waals surface area contributed by atoms with Crippen molar-refractivity contribution in [3.63, 3.8) is 0 Å². The van der Waals surface area contributed by atoms with E-state index in [-0.39, 0.29) is 5.91 Å².